The smallest absolute Gasteiger partial charge is 0.164 e. The van der Waals surface area contributed by atoms with E-state index in [9.17, 15) is 0 Å². The van der Waals surface area contributed by atoms with Crippen LogP contribution in [0.4, 0.5) is 0 Å². The van der Waals surface area contributed by atoms with Crippen LogP contribution in [0.25, 0.3) is 117 Å². The third-order valence-corrected chi connectivity index (χ3v) is 12.5. The van der Waals surface area contributed by atoms with Crippen molar-refractivity contribution in [3.63, 3.8) is 0 Å². The summed E-state index contributed by atoms with van der Waals surface area (Å²) in [5.74, 6) is 1.84. The van der Waals surface area contributed by atoms with E-state index in [0.29, 0.717) is 17.5 Å². The van der Waals surface area contributed by atoms with Gasteiger partial charge in [-0.1, -0.05) is 146 Å². The molecule has 63 heavy (non-hydrogen) atoms. The van der Waals surface area contributed by atoms with Gasteiger partial charge in [0.25, 0.3) is 0 Å². The van der Waals surface area contributed by atoms with Crippen LogP contribution in [0.2, 0.25) is 0 Å². The van der Waals surface area contributed by atoms with Crippen LogP contribution in [-0.4, -0.2) is 28.7 Å². The van der Waals surface area contributed by atoms with Crippen molar-refractivity contribution in [1.29, 1.82) is 0 Å². The average molecular weight is 805 g/mol. The Morgan fingerprint density at radius 3 is 1.00 bits per heavy atom. The number of nitrogens with zero attached hydrogens (tertiary/aromatic N) is 6. The van der Waals surface area contributed by atoms with Gasteiger partial charge in [0.2, 0.25) is 0 Å². The zero-order valence-electron chi connectivity index (χ0n) is 34.0. The highest BCUT2D eigenvalue weighted by atomic mass is 15.0. The second-order valence-corrected chi connectivity index (χ2v) is 16.1. The van der Waals surface area contributed by atoms with Gasteiger partial charge in [-0.05, 0) is 72.8 Å². The monoisotopic (exact) mass is 804 g/mol. The highest BCUT2D eigenvalue weighted by molar-refractivity contribution is 6.19. The summed E-state index contributed by atoms with van der Waals surface area (Å²) in [6.07, 6.45) is 0. The first-order chi connectivity index (χ1) is 31.2. The minimum atomic E-state index is 0.608. The van der Waals surface area contributed by atoms with Crippen molar-refractivity contribution in [2.45, 2.75) is 0 Å². The summed E-state index contributed by atoms with van der Waals surface area (Å²) in [4.78, 5) is 15.6. The van der Waals surface area contributed by atoms with Gasteiger partial charge >= 0.3 is 0 Å². The molecule has 0 aliphatic heterocycles. The molecule has 0 N–H and O–H groups in total. The first-order valence-corrected chi connectivity index (χ1v) is 21.3. The molecule has 0 unspecified atom stereocenters. The van der Waals surface area contributed by atoms with E-state index in [1.807, 2.05) is 18.2 Å². The molecular formula is C57H36N6. The maximum absolute atomic E-state index is 5.26. The average Bonchev–Trinajstić information content (AvgIpc) is 3.99. The molecule has 6 heteroatoms. The van der Waals surface area contributed by atoms with E-state index in [0.717, 1.165) is 55.8 Å². The Hall–Kier alpha value is -8.61. The van der Waals surface area contributed by atoms with Crippen LogP contribution in [0, 0.1) is 0 Å². The van der Waals surface area contributed by atoms with E-state index >= 15 is 0 Å². The molecule has 13 rings (SSSR count). The minimum Gasteiger partial charge on any atom is -0.309 e. The van der Waals surface area contributed by atoms with Crippen LogP contribution in [0.3, 0.4) is 0 Å². The topological polar surface area (TPSA) is 53.5 Å². The molecule has 0 saturated carbocycles. The van der Waals surface area contributed by atoms with E-state index in [4.69, 9.17) is 15.0 Å². The summed E-state index contributed by atoms with van der Waals surface area (Å²) in [6.45, 7) is 0. The van der Waals surface area contributed by atoms with Gasteiger partial charge in [0.1, 0.15) is 0 Å². The molecule has 294 valence electrons. The number of rotatable bonds is 6. The first kappa shape index (κ1) is 35.2. The minimum absolute atomic E-state index is 0.608. The van der Waals surface area contributed by atoms with Gasteiger partial charge in [0, 0.05) is 66.1 Å². The van der Waals surface area contributed by atoms with Gasteiger partial charge in [-0.2, -0.15) is 0 Å². The summed E-state index contributed by atoms with van der Waals surface area (Å²) in [7, 11) is 0. The quantitative estimate of drug-likeness (QED) is 0.168. The van der Waals surface area contributed by atoms with Gasteiger partial charge < -0.3 is 13.7 Å². The van der Waals surface area contributed by atoms with Crippen LogP contribution in [0.15, 0.2) is 218 Å². The molecule has 0 amide bonds. The Morgan fingerprint density at radius 1 is 0.222 bits per heavy atom. The van der Waals surface area contributed by atoms with Crippen LogP contribution in [-0.2, 0) is 0 Å². The summed E-state index contributed by atoms with van der Waals surface area (Å²) < 4.78 is 7.10. The molecule has 0 aliphatic rings. The molecule has 0 radical (unpaired) electrons. The summed E-state index contributed by atoms with van der Waals surface area (Å²) in [6, 6.07) is 77.3. The summed E-state index contributed by atoms with van der Waals surface area (Å²) >= 11 is 0. The molecule has 0 bridgehead atoms. The molecule has 0 atom stereocenters. The van der Waals surface area contributed by atoms with Crippen molar-refractivity contribution in [1.82, 2.24) is 28.7 Å². The largest absolute Gasteiger partial charge is 0.309 e. The summed E-state index contributed by atoms with van der Waals surface area (Å²) in [5, 5.41) is 7.26. The Balaban J connectivity index is 0.997. The molecule has 13 aromatic rings. The van der Waals surface area contributed by atoms with Crippen molar-refractivity contribution in [2.24, 2.45) is 0 Å². The molecule has 4 aromatic heterocycles. The molecule has 0 aliphatic carbocycles. The lowest BCUT2D eigenvalue weighted by Gasteiger charge is -2.13. The van der Waals surface area contributed by atoms with E-state index < -0.39 is 0 Å². The highest BCUT2D eigenvalue weighted by Crippen LogP contribution is 2.40. The van der Waals surface area contributed by atoms with Gasteiger partial charge in [-0.15, -0.1) is 0 Å². The Kier molecular flexibility index (Phi) is 7.80. The number of hydrogen-bond acceptors (Lipinski definition) is 3. The molecule has 9 aromatic carbocycles. The number of benzene rings is 9. The van der Waals surface area contributed by atoms with Crippen LogP contribution >= 0.6 is 0 Å². The predicted molar refractivity (Wildman–Crippen MR) is 259 cm³/mol. The molecular weight excluding hydrogens is 769 g/mol. The number of aromatic nitrogens is 6. The zero-order valence-corrected chi connectivity index (χ0v) is 34.0. The maximum atomic E-state index is 5.26. The summed E-state index contributed by atoms with van der Waals surface area (Å²) in [5.41, 5.74) is 12.9. The van der Waals surface area contributed by atoms with Crippen molar-refractivity contribution >= 4 is 65.4 Å². The van der Waals surface area contributed by atoms with E-state index in [2.05, 4.69) is 214 Å². The molecule has 0 spiro atoms. The van der Waals surface area contributed by atoms with E-state index in [1.165, 1.54) is 43.4 Å². The number of para-hydroxylation sites is 5. The second kappa shape index (κ2) is 14.0. The number of hydrogen-bond donors (Lipinski definition) is 0. The third-order valence-electron chi connectivity index (χ3n) is 12.5. The van der Waals surface area contributed by atoms with Crippen LogP contribution in [0.1, 0.15) is 0 Å². The van der Waals surface area contributed by atoms with E-state index in [1.54, 1.807) is 0 Å². The second-order valence-electron chi connectivity index (χ2n) is 16.1. The normalized spacial score (nSPS) is 11.8. The lowest BCUT2D eigenvalue weighted by Crippen LogP contribution is -2.02. The Labute approximate surface area is 362 Å². The molecule has 4 heterocycles. The SMILES string of the molecule is c1ccc(-c2nc(-c3cccc(-n4c5ccccc5c5ccccc54)c3)nc(-c3cccc(-n4c5ccccc5c5cc6c(cc54)c4ccccc4n6-c4ccccc4)c3)n2)cc1. The van der Waals surface area contributed by atoms with Crippen molar-refractivity contribution in [3.8, 4) is 51.2 Å². The maximum Gasteiger partial charge on any atom is 0.164 e. The molecule has 6 nitrogen and oxygen atoms in total. The fourth-order valence-electron chi connectivity index (χ4n) is 9.68. The van der Waals surface area contributed by atoms with Gasteiger partial charge in [-0.25, -0.2) is 15.0 Å². The van der Waals surface area contributed by atoms with Crippen LogP contribution in [0.5, 0.6) is 0 Å². The van der Waals surface area contributed by atoms with Crippen molar-refractivity contribution in [3.05, 3.63) is 218 Å². The highest BCUT2D eigenvalue weighted by Gasteiger charge is 2.20. The Bertz CT molecular complexity index is 3860. The lowest BCUT2D eigenvalue weighted by molar-refractivity contribution is 1.07. The van der Waals surface area contributed by atoms with Gasteiger partial charge in [-0.3, -0.25) is 0 Å². The third kappa shape index (κ3) is 5.55. The van der Waals surface area contributed by atoms with Crippen LogP contribution < -0.4 is 0 Å². The fraction of sp³-hybridized carbons (Fsp3) is 0. The lowest BCUT2D eigenvalue weighted by atomic mass is 10.1. The molecule has 0 fully saturated rings. The standard InChI is InChI=1S/C57H36N6/c1-3-17-37(18-4-1)55-58-56(38-19-15-23-41(33-38)62-49-29-11-7-25-43(49)44-26-8-12-30-50(44)62)60-57(59-55)39-20-16-24-42(34-39)63-52-32-14-10-28-46(52)48-35-53-47(36-54(48)63)45-27-9-13-31-51(45)61(53)40-21-5-2-6-22-40/h1-36H. The Morgan fingerprint density at radius 2 is 0.540 bits per heavy atom. The first-order valence-electron chi connectivity index (χ1n) is 21.3. The fourth-order valence-corrected chi connectivity index (χ4v) is 9.68. The number of fused-ring (bicyclic) bond motifs is 9. The van der Waals surface area contributed by atoms with Gasteiger partial charge in [0.15, 0.2) is 17.5 Å². The van der Waals surface area contributed by atoms with Gasteiger partial charge in [0.05, 0.1) is 33.1 Å². The predicted octanol–water partition coefficient (Wildman–Crippen LogP) is 14.2. The van der Waals surface area contributed by atoms with Crippen molar-refractivity contribution in [2.75, 3.05) is 0 Å². The van der Waals surface area contributed by atoms with Crippen molar-refractivity contribution < 1.29 is 0 Å². The zero-order chi connectivity index (χ0) is 41.4. The van der Waals surface area contributed by atoms with E-state index in [-0.39, 0.29) is 0 Å². The molecule has 0 saturated heterocycles.